The summed E-state index contributed by atoms with van der Waals surface area (Å²) >= 11 is 0. The highest BCUT2D eigenvalue weighted by atomic mass is 16.5. The third kappa shape index (κ3) is 2.25. The number of nitrogens with zero attached hydrogens (tertiary/aromatic N) is 1. The first-order valence-corrected chi connectivity index (χ1v) is 5.59. The Morgan fingerprint density at radius 1 is 1.41 bits per heavy atom. The zero-order chi connectivity index (χ0) is 12.3. The van der Waals surface area contributed by atoms with E-state index in [0.717, 1.165) is 17.7 Å². The molecule has 4 heteroatoms. The normalized spacial score (nSPS) is 10.3. The minimum Gasteiger partial charge on any atom is -0.496 e. The van der Waals surface area contributed by atoms with Crippen LogP contribution in [-0.2, 0) is 6.42 Å². The van der Waals surface area contributed by atoms with Gasteiger partial charge in [-0.25, -0.2) is 4.98 Å². The van der Waals surface area contributed by atoms with E-state index in [1.807, 2.05) is 6.07 Å². The third-order valence-corrected chi connectivity index (χ3v) is 2.66. The van der Waals surface area contributed by atoms with Gasteiger partial charge in [0.05, 0.1) is 18.9 Å². The number of aryl methyl sites for hydroxylation is 1. The first kappa shape index (κ1) is 11.5. The van der Waals surface area contributed by atoms with Crippen molar-refractivity contribution < 1.29 is 9.15 Å². The molecule has 90 valence electrons. The number of benzene rings is 1. The molecule has 0 saturated heterocycles. The summed E-state index contributed by atoms with van der Waals surface area (Å²) in [7, 11) is 3.43. The topological polar surface area (TPSA) is 47.3 Å². The van der Waals surface area contributed by atoms with Gasteiger partial charge in [-0.1, -0.05) is 13.0 Å². The second-order valence-corrected chi connectivity index (χ2v) is 3.67. The molecule has 0 radical (unpaired) electrons. The van der Waals surface area contributed by atoms with E-state index in [1.165, 1.54) is 5.56 Å². The van der Waals surface area contributed by atoms with Crippen LogP contribution in [0.25, 0.3) is 11.3 Å². The van der Waals surface area contributed by atoms with Crippen molar-refractivity contribution in [2.75, 3.05) is 19.5 Å². The van der Waals surface area contributed by atoms with Crippen molar-refractivity contribution in [3.8, 4) is 17.1 Å². The van der Waals surface area contributed by atoms with Crippen LogP contribution < -0.4 is 10.1 Å². The SMILES string of the molecule is CCc1ccc(OC)c(-c2cnc(NC)o2)c1. The van der Waals surface area contributed by atoms with Gasteiger partial charge in [-0.3, -0.25) is 0 Å². The number of anilines is 1. The lowest BCUT2D eigenvalue weighted by molar-refractivity contribution is 0.414. The number of methoxy groups -OCH3 is 1. The van der Waals surface area contributed by atoms with Gasteiger partial charge in [0.1, 0.15) is 5.75 Å². The summed E-state index contributed by atoms with van der Waals surface area (Å²) in [5.74, 6) is 1.50. The fourth-order valence-corrected chi connectivity index (χ4v) is 1.68. The van der Waals surface area contributed by atoms with Crippen LogP contribution in [0.15, 0.2) is 28.8 Å². The lowest BCUT2D eigenvalue weighted by atomic mass is 10.1. The van der Waals surface area contributed by atoms with Gasteiger partial charge in [0, 0.05) is 7.05 Å². The van der Waals surface area contributed by atoms with E-state index in [2.05, 4.69) is 29.4 Å². The predicted molar refractivity (Wildman–Crippen MR) is 67.4 cm³/mol. The highest BCUT2D eigenvalue weighted by molar-refractivity contribution is 5.66. The molecule has 0 aliphatic rings. The summed E-state index contributed by atoms with van der Waals surface area (Å²) in [4.78, 5) is 4.11. The molecule has 1 aromatic heterocycles. The second-order valence-electron chi connectivity index (χ2n) is 3.67. The second kappa shape index (κ2) is 4.91. The Labute approximate surface area is 101 Å². The molecule has 2 aromatic rings. The van der Waals surface area contributed by atoms with Gasteiger partial charge >= 0.3 is 0 Å². The van der Waals surface area contributed by atoms with E-state index in [0.29, 0.717) is 11.8 Å². The maximum absolute atomic E-state index is 5.56. The smallest absolute Gasteiger partial charge is 0.294 e. The maximum atomic E-state index is 5.56. The van der Waals surface area contributed by atoms with E-state index in [1.54, 1.807) is 20.4 Å². The first-order chi connectivity index (χ1) is 8.28. The molecule has 0 amide bonds. The third-order valence-electron chi connectivity index (χ3n) is 2.66. The summed E-state index contributed by atoms with van der Waals surface area (Å²) in [5.41, 5.74) is 2.17. The average molecular weight is 232 g/mol. The number of oxazole rings is 1. The monoisotopic (exact) mass is 232 g/mol. The zero-order valence-electron chi connectivity index (χ0n) is 10.3. The van der Waals surface area contributed by atoms with Gasteiger partial charge in [0.2, 0.25) is 0 Å². The van der Waals surface area contributed by atoms with E-state index in [-0.39, 0.29) is 0 Å². The largest absolute Gasteiger partial charge is 0.496 e. The molecule has 0 unspecified atom stereocenters. The minimum atomic E-state index is 0.504. The number of aromatic nitrogens is 1. The fourth-order valence-electron chi connectivity index (χ4n) is 1.68. The molecule has 4 nitrogen and oxygen atoms in total. The molecule has 1 aromatic carbocycles. The molecule has 2 rings (SSSR count). The van der Waals surface area contributed by atoms with E-state index in [4.69, 9.17) is 9.15 Å². The molecule has 17 heavy (non-hydrogen) atoms. The van der Waals surface area contributed by atoms with Crippen LogP contribution in [0.3, 0.4) is 0 Å². The van der Waals surface area contributed by atoms with Crippen LogP contribution in [0.5, 0.6) is 5.75 Å². The average Bonchev–Trinajstić information content (AvgIpc) is 2.86. The molecular weight excluding hydrogens is 216 g/mol. The predicted octanol–water partition coefficient (Wildman–Crippen LogP) is 2.95. The van der Waals surface area contributed by atoms with Crippen molar-refractivity contribution in [3.05, 3.63) is 30.0 Å². The number of hydrogen-bond acceptors (Lipinski definition) is 4. The van der Waals surface area contributed by atoms with Crippen LogP contribution in [0, 0.1) is 0 Å². The molecule has 0 spiro atoms. The van der Waals surface area contributed by atoms with Gasteiger partial charge < -0.3 is 14.5 Å². The van der Waals surface area contributed by atoms with Crippen molar-refractivity contribution >= 4 is 6.01 Å². The van der Waals surface area contributed by atoms with E-state index >= 15 is 0 Å². The van der Waals surface area contributed by atoms with Gasteiger partial charge in [0.15, 0.2) is 5.76 Å². The molecule has 0 atom stereocenters. The van der Waals surface area contributed by atoms with Gasteiger partial charge in [-0.2, -0.15) is 0 Å². The summed E-state index contributed by atoms with van der Waals surface area (Å²) < 4.78 is 10.9. The Hall–Kier alpha value is -1.97. The van der Waals surface area contributed by atoms with Crippen LogP contribution >= 0.6 is 0 Å². The Morgan fingerprint density at radius 2 is 2.24 bits per heavy atom. The van der Waals surface area contributed by atoms with Gasteiger partial charge in [-0.15, -0.1) is 0 Å². The lowest BCUT2D eigenvalue weighted by Gasteiger charge is -2.07. The molecule has 0 aliphatic carbocycles. The number of rotatable bonds is 4. The first-order valence-electron chi connectivity index (χ1n) is 5.59. The van der Waals surface area contributed by atoms with Crippen molar-refractivity contribution in [1.29, 1.82) is 0 Å². The summed E-state index contributed by atoms with van der Waals surface area (Å²) in [5, 5.41) is 2.86. The van der Waals surface area contributed by atoms with Gasteiger partial charge in [-0.05, 0) is 24.1 Å². The number of ether oxygens (including phenoxy) is 1. The van der Waals surface area contributed by atoms with E-state index < -0.39 is 0 Å². The minimum absolute atomic E-state index is 0.504. The van der Waals surface area contributed by atoms with Crippen molar-refractivity contribution in [1.82, 2.24) is 4.98 Å². The molecule has 1 heterocycles. The highest BCUT2D eigenvalue weighted by Crippen LogP contribution is 2.32. The van der Waals surface area contributed by atoms with Crippen LogP contribution in [0.1, 0.15) is 12.5 Å². The lowest BCUT2D eigenvalue weighted by Crippen LogP contribution is -1.89. The van der Waals surface area contributed by atoms with Crippen LogP contribution in [0.4, 0.5) is 6.01 Å². The number of hydrogen-bond donors (Lipinski definition) is 1. The molecular formula is C13H16N2O2. The molecule has 0 aliphatic heterocycles. The maximum Gasteiger partial charge on any atom is 0.294 e. The molecule has 1 N–H and O–H groups in total. The van der Waals surface area contributed by atoms with E-state index in [9.17, 15) is 0 Å². The fraction of sp³-hybridized carbons (Fsp3) is 0.308. The van der Waals surface area contributed by atoms with Gasteiger partial charge in [0.25, 0.3) is 6.01 Å². The standard InChI is InChI=1S/C13H16N2O2/c1-4-9-5-6-11(16-3)10(7-9)12-8-15-13(14-2)17-12/h5-8H,4H2,1-3H3,(H,14,15). The van der Waals surface area contributed by atoms with Crippen molar-refractivity contribution in [2.45, 2.75) is 13.3 Å². The summed E-state index contributed by atoms with van der Waals surface area (Å²) in [6.07, 6.45) is 2.67. The molecule has 0 fully saturated rings. The Balaban J connectivity index is 2.47. The summed E-state index contributed by atoms with van der Waals surface area (Å²) in [6.45, 7) is 2.12. The Bertz CT molecular complexity index is 506. The Morgan fingerprint density at radius 3 is 2.82 bits per heavy atom. The van der Waals surface area contributed by atoms with Crippen molar-refractivity contribution in [2.24, 2.45) is 0 Å². The quantitative estimate of drug-likeness (QED) is 0.880. The van der Waals surface area contributed by atoms with Crippen LogP contribution in [0.2, 0.25) is 0 Å². The number of nitrogens with one attached hydrogen (secondary N) is 1. The summed E-state index contributed by atoms with van der Waals surface area (Å²) in [6, 6.07) is 6.58. The van der Waals surface area contributed by atoms with Crippen molar-refractivity contribution in [3.63, 3.8) is 0 Å². The van der Waals surface area contributed by atoms with Crippen LogP contribution in [-0.4, -0.2) is 19.1 Å². The zero-order valence-corrected chi connectivity index (χ0v) is 10.3. The Kier molecular flexibility index (Phi) is 3.32. The highest BCUT2D eigenvalue weighted by Gasteiger charge is 2.11. The molecule has 0 bridgehead atoms. The molecule has 0 saturated carbocycles.